The van der Waals surface area contributed by atoms with Gasteiger partial charge >= 0.3 is 0 Å². The smallest absolute Gasteiger partial charge is 0.193 e. The van der Waals surface area contributed by atoms with Gasteiger partial charge in [0.1, 0.15) is 13.7 Å². The number of benzene rings is 2. The Morgan fingerprint density at radius 1 is 0.926 bits per heavy atom. The summed E-state index contributed by atoms with van der Waals surface area (Å²) in [5.74, 6) is -0.680. The van der Waals surface area contributed by atoms with E-state index in [1.807, 2.05) is 19.9 Å². The zero-order valence-corrected chi connectivity index (χ0v) is 17.3. The molecule has 27 heavy (non-hydrogen) atoms. The number of halogens is 1. The first-order chi connectivity index (χ1) is 12.3. The van der Waals surface area contributed by atoms with Crippen molar-refractivity contribution in [2.75, 3.05) is 0 Å². The van der Waals surface area contributed by atoms with Crippen molar-refractivity contribution >= 4 is 19.1 Å². The highest BCUT2D eigenvalue weighted by atomic mass is 19.1. The second-order valence-electron chi connectivity index (χ2n) is 6.99. The third-order valence-corrected chi connectivity index (χ3v) is 4.18. The number of hydrogen-bond donors (Lipinski definition) is 2. The van der Waals surface area contributed by atoms with Crippen LogP contribution < -0.4 is 5.46 Å². The van der Waals surface area contributed by atoms with Crippen molar-refractivity contribution in [3.63, 3.8) is 0 Å². The van der Waals surface area contributed by atoms with Gasteiger partial charge in [0.15, 0.2) is 5.78 Å². The Bertz CT molecular complexity index is 694. The monoisotopic (exact) mass is 372 g/mol. The Kier molecular flexibility index (Phi) is 9.62. The molecule has 0 aliphatic rings. The predicted molar refractivity (Wildman–Crippen MR) is 110 cm³/mol. The lowest BCUT2D eigenvalue weighted by molar-refractivity contribution is -0.107. The third-order valence-electron chi connectivity index (χ3n) is 4.18. The summed E-state index contributed by atoms with van der Waals surface area (Å²) in [5.41, 5.74) is -0.550. The molecule has 146 valence electrons. The molecule has 0 saturated carbocycles. The topological polar surface area (TPSA) is 57.5 Å². The number of carbonyl (C=O) groups excluding carboxylic acids is 1. The van der Waals surface area contributed by atoms with Gasteiger partial charge < -0.3 is 10.2 Å². The summed E-state index contributed by atoms with van der Waals surface area (Å²) in [7, 11) is 5.65. The van der Waals surface area contributed by atoms with Crippen LogP contribution >= 0.6 is 0 Å². The maximum absolute atomic E-state index is 13.5. The van der Waals surface area contributed by atoms with Gasteiger partial charge in [-0.1, -0.05) is 55.7 Å². The van der Waals surface area contributed by atoms with Crippen LogP contribution in [0.15, 0.2) is 42.5 Å². The van der Waals surface area contributed by atoms with Gasteiger partial charge in [0, 0.05) is 11.1 Å². The second kappa shape index (κ2) is 10.4. The van der Waals surface area contributed by atoms with Crippen molar-refractivity contribution in [2.24, 2.45) is 0 Å². The molecule has 0 unspecified atom stereocenters. The first-order valence-corrected chi connectivity index (χ1v) is 8.94. The van der Waals surface area contributed by atoms with Crippen LogP contribution in [0.4, 0.5) is 4.39 Å². The van der Waals surface area contributed by atoms with E-state index in [0.29, 0.717) is 16.6 Å². The number of rotatable bonds is 3. The van der Waals surface area contributed by atoms with Crippen molar-refractivity contribution in [3.8, 4) is 0 Å². The van der Waals surface area contributed by atoms with E-state index in [4.69, 9.17) is 18.1 Å². The summed E-state index contributed by atoms with van der Waals surface area (Å²) in [6, 6.07) is 11.5. The quantitative estimate of drug-likeness (QED) is 0.638. The first kappa shape index (κ1) is 25.0. The number of carbonyl (C=O) groups is 1. The van der Waals surface area contributed by atoms with Crippen LogP contribution in [0.3, 0.4) is 0 Å². The van der Waals surface area contributed by atoms with Gasteiger partial charge in [-0.3, -0.25) is 4.79 Å². The molecule has 0 fully saturated rings. The molecule has 3 nitrogen and oxygen atoms in total. The van der Waals surface area contributed by atoms with Crippen LogP contribution in [0.1, 0.15) is 63.0 Å². The van der Waals surface area contributed by atoms with Gasteiger partial charge in [-0.25, -0.2) is 4.39 Å². The van der Waals surface area contributed by atoms with E-state index >= 15 is 0 Å². The molecule has 0 heterocycles. The number of aliphatic hydroxyl groups is 2. The zero-order chi connectivity index (χ0) is 21.4. The highest BCUT2D eigenvalue weighted by molar-refractivity contribution is 6.34. The number of ketones is 1. The fourth-order valence-electron chi connectivity index (χ4n) is 1.59. The van der Waals surface area contributed by atoms with Crippen molar-refractivity contribution < 1.29 is 19.4 Å². The summed E-state index contributed by atoms with van der Waals surface area (Å²) in [5, 5.41) is 18.2. The van der Waals surface area contributed by atoms with Crippen LogP contribution in [0.2, 0.25) is 0 Å². The highest BCUT2D eigenvalue weighted by Crippen LogP contribution is 2.19. The maximum atomic E-state index is 13.5. The minimum atomic E-state index is -1.01. The van der Waals surface area contributed by atoms with Crippen molar-refractivity contribution in [1.82, 2.24) is 0 Å². The van der Waals surface area contributed by atoms with E-state index in [0.717, 1.165) is 0 Å². The lowest BCUT2D eigenvalue weighted by Gasteiger charge is -2.31. The summed E-state index contributed by atoms with van der Waals surface area (Å²) in [6.45, 7) is 11.9. The van der Waals surface area contributed by atoms with Crippen LogP contribution in [-0.4, -0.2) is 35.0 Å². The molecular weight excluding hydrogens is 342 g/mol. The molecule has 0 atom stereocenters. The third kappa shape index (κ3) is 7.65. The van der Waals surface area contributed by atoms with E-state index in [1.165, 1.54) is 12.1 Å². The van der Waals surface area contributed by atoms with Crippen LogP contribution in [0.5, 0.6) is 0 Å². The van der Waals surface area contributed by atoms with Gasteiger partial charge in [-0.15, -0.1) is 0 Å². The average molecular weight is 372 g/mol. The molecule has 2 rings (SSSR count). The van der Waals surface area contributed by atoms with Crippen molar-refractivity contribution in [3.05, 3.63) is 65.0 Å². The maximum Gasteiger partial charge on any atom is 0.193 e. The normalized spacial score (nSPS) is 10.9. The summed E-state index contributed by atoms with van der Waals surface area (Å²) < 4.78 is 13.5. The largest absolute Gasteiger partial charge is 0.387 e. The van der Waals surface area contributed by atoms with E-state index in [2.05, 4.69) is 0 Å². The van der Waals surface area contributed by atoms with E-state index < -0.39 is 17.0 Å². The molecule has 2 radical (unpaired) electrons. The minimum absolute atomic E-state index is 0.226. The molecule has 0 bridgehead atoms. The molecule has 0 spiro atoms. The van der Waals surface area contributed by atoms with Crippen molar-refractivity contribution in [2.45, 2.75) is 59.7 Å². The lowest BCUT2D eigenvalue weighted by Crippen LogP contribution is -2.44. The molecule has 2 N–H and O–H groups in total. The fourth-order valence-corrected chi connectivity index (χ4v) is 1.59. The summed E-state index contributed by atoms with van der Waals surface area (Å²) >= 11 is 0. The molecule has 0 aliphatic heterocycles. The molecule has 0 saturated heterocycles. The van der Waals surface area contributed by atoms with Gasteiger partial charge in [0.05, 0.1) is 11.2 Å². The Hall–Kier alpha value is -1.98. The zero-order valence-electron chi connectivity index (χ0n) is 17.3. The fraction of sp³-hybridized carbons (Fsp3) is 0.409. The molecule has 0 amide bonds. The SMILES string of the molecule is CC.CC(C)(O)C(C)(C)O.[B]c1cc(C(=O)c2ccccc2)cc(F)c1C. The van der Waals surface area contributed by atoms with Gasteiger partial charge in [-0.05, 0) is 46.2 Å². The molecule has 0 aromatic heterocycles. The van der Waals surface area contributed by atoms with Crippen LogP contribution in [-0.2, 0) is 0 Å². The Morgan fingerprint density at radius 2 is 1.37 bits per heavy atom. The predicted octanol–water partition coefficient (Wildman–Crippen LogP) is 3.71. The lowest BCUT2D eigenvalue weighted by atomic mass is 9.87. The average Bonchev–Trinajstić information content (AvgIpc) is 2.60. The standard InChI is InChI=1S/C14H10BFO.C6H14O2.C2H6/c1-9-12(15)7-11(8-13(9)16)14(17)10-5-3-2-4-6-10;1-5(2,7)6(3,4)8;1-2/h2-8H,1H3;7-8H,1-4H3;1-2H3. The second-order valence-corrected chi connectivity index (χ2v) is 6.99. The molecule has 0 aliphatic carbocycles. The molecule has 5 heteroatoms. The molecule has 2 aromatic rings. The van der Waals surface area contributed by atoms with Crippen LogP contribution in [0.25, 0.3) is 0 Å². The van der Waals surface area contributed by atoms with Crippen LogP contribution in [0, 0.1) is 12.7 Å². The van der Waals surface area contributed by atoms with Gasteiger partial charge in [0.25, 0.3) is 0 Å². The summed E-state index contributed by atoms with van der Waals surface area (Å²) in [4.78, 5) is 12.0. The molecular formula is C22H30BFO3. The van der Waals surface area contributed by atoms with E-state index in [-0.39, 0.29) is 11.3 Å². The molecule has 2 aromatic carbocycles. The Balaban J connectivity index is 0.000000574. The Labute approximate surface area is 163 Å². The van der Waals surface area contributed by atoms with E-state index in [9.17, 15) is 9.18 Å². The van der Waals surface area contributed by atoms with Crippen molar-refractivity contribution in [1.29, 1.82) is 0 Å². The minimum Gasteiger partial charge on any atom is -0.387 e. The first-order valence-electron chi connectivity index (χ1n) is 8.94. The van der Waals surface area contributed by atoms with E-state index in [1.54, 1.807) is 58.9 Å². The van der Waals surface area contributed by atoms with Gasteiger partial charge in [0.2, 0.25) is 0 Å². The van der Waals surface area contributed by atoms with Gasteiger partial charge in [-0.2, -0.15) is 0 Å². The summed E-state index contributed by atoms with van der Waals surface area (Å²) in [6.07, 6.45) is 0. The Morgan fingerprint density at radius 3 is 1.74 bits per heavy atom. The number of hydrogen-bond acceptors (Lipinski definition) is 3. The highest BCUT2D eigenvalue weighted by Gasteiger charge is 2.31.